The molecule has 5 nitrogen and oxygen atoms in total. The van der Waals surface area contributed by atoms with Gasteiger partial charge in [-0.15, -0.1) is 0 Å². The molecule has 0 aliphatic rings. The first kappa shape index (κ1) is 14.1. The highest BCUT2D eigenvalue weighted by Crippen LogP contribution is 2.24. The minimum atomic E-state index is -1.22. The van der Waals surface area contributed by atoms with E-state index in [1.54, 1.807) is 13.0 Å². The second-order valence-corrected chi connectivity index (χ2v) is 5.89. The van der Waals surface area contributed by atoms with Crippen LogP contribution in [0.25, 0.3) is 0 Å². The Labute approximate surface area is 107 Å². The van der Waals surface area contributed by atoms with Crippen molar-refractivity contribution < 1.29 is 9.13 Å². The van der Waals surface area contributed by atoms with Gasteiger partial charge in [-0.05, 0) is 19.1 Å². The van der Waals surface area contributed by atoms with E-state index in [2.05, 4.69) is 0 Å². The molecule has 1 aromatic rings. The summed E-state index contributed by atoms with van der Waals surface area (Å²) in [6, 6.07) is 4.34. The number of rotatable bonds is 5. The first-order valence-corrected chi connectivity index (χ1v) is 6.71. The minimum Gasteiger partial charge on any atom is -0.329 e. The molecule has 17 heavy (non-hydrogen) atoms. The van der Waals surface area contributed by atoms with Crippen LogP contribution in [0.1, 0.15) is 12.5 Å². The number of nitro benzene ring substituents is 1. The van der Waals surface area contributed by atoms with E-state index in [1.807, 2.05) is 0 Å². The third-order valence-electron chi connectivity index (χ3n) is 2.32. The van der Waals surface area contributed by atoms with Crippen LogP contribution in [0, 0.1) is 10.1 Å². The summed E-state index contributed by atoms with van der Waals surface area (Å²) in [6.45, 7) is 2.03. The van der Waals surface area contributed by atoms with Gasteiger partial charge in [-0.1, -0.05) is 11.6 Å². The second-order valence-electron chi connectivity index (χ2n) is 3.60. The van der Waals surface area contributed by atoms with Gasteiger partial charge in [0.05, 0.1) is 10.7 Å². The van der Waals surface area contributed by atoms with Crippen molar-refractivity contribution in [1.82, 2.24) is 0 Å². The summed E-state index contributed by atoms with van der Waals surface area (Å²) in [5, 5.41) is 10.9. The fraction of sp³-hybridized carbons (Fsp3) is 0.400. The van der Waals surface area contributed by atoms with Crippen LogP contribution < -0.4 is 5.73 Å². The molecule has 0 aliphatic heterocycles. The first-order chi connectivity index (χ1) is 7.95. The molecule has 2 atom stereocenters. The molecule has 0 fully saturated rings. The van der Waals surface area contributed by atoms with Gasteiger partial charge in [0.1, 0.15) is 0 Å². The molecule has 1 rings (SSSR count). The highest BCUT2D eigenvalue weighted by molar-refractivity contribution is 7.84. The maximum Gasteiger partial charge on any atom is 0.275 e. The Morgan fingerprint density at radius 1 is 1.59 bits per heavy atom. The van der Waals surface area contributed by atoms with Gasteiger partial charge in [-0.3, -0.25) is 14.3 Å². The number of nitrogens with two attached hydrogens (primary N) is 1. The van der Waals surface area contributed by atoms with E-state index in [9.17, 15) is 14.3 Å². The summed E-state index contributed by atoms with van der Waals surface area (Å²) in [6.07, 6.45) is 0. The quantitative estimate of drug-likeness (QED) is 0.657. The number of hydrogen-bond donors (Lipinski definition) is 1. The summed E-state index contributed by atoms with van der Waals surface area (Å²) >= 11 is 5.69. The van der Waals surface area contributed by atoms with Gasteiger partial charge in [0, 0.05) is 39.2 Å². The largest absolute Gasteiger partial charge is 0.329 e. The first-order valence-electron chi connectivity index (χ1n) is 4.95. The van der Waals surface area contributed by atoms with E-state index >= 15 is 0 Å². The van der Waals surface area contributed by atoms with E-state index in [-0.39, 0.29) is 28.3 Å². The molecule has 0 aromatic heterocycles. The Bertz CT molecular complexity index is 453. The Balaban J connectivity index is 2.98. The number of hydrogen-bond acceptors (Lipinski definition) is 4. The van der Waals surface area contributed by atoms with Gasteiger partial charge in [0.25, 0.3) is 5.69 Å². The van der Waals surface area contributed by atoms with Crippen LogP contribution in [-0.4, -0.2) is 20.9 Å². The SMILES string of the molecule is CC(CN)S(=O)Cc1ccc(Cl)cc1[N+](=O)[O-]. The predicted molar refractivity (Wildman–Crippen MR) is 68.5 cm³/mol. The third-order valence-corrected chi connectivity index (χ3v) is 4.24. The lowest BCUT2D eigenvalue weighted by Crippen LogP contribution is -2.23. The fourth-order valence-corrected chi connectivity index (χ4v) is 2.45. The Morgan fingerprint density at radius 2 is 2.24 bits per heavy atom. The Morgan fingerprint density at radius 3 is 2.76 bits per heavy atom. The smallest absolute Gasteiger partial charge is 0.275 e. The molecule has 2 unspecified atom stereocenters. The molecule has 0 heterocycles. The van der Waals surface area contributed by atoms with Crippen LogP contribution in [-0.2, 0) is 16.6 Å². The van der Waals surface area contributed by atoms with Crippen LogP contribution in [0.15, 0.2) is 18.2 Å². The summed E-state index contributed by atoms with van der Waals surface area (Å²) in [5.41, 5.74) is 5.71. The zero-order chi connectivity index (χ0) is 13.0. The third kappa shape index (κ3) is 3.76. The Hall–Kier alpha value is -0.980. The average molecular weight is 277 g/mol. The van der Waals surface area contributed by atoms with Crippen LogP contribution in [0.3, 0.4) is 0 Å². The molecule has 7 heteroatoms. The molecule has 1 aromatic carbocycles. The van der Waals surface area contributed by atoms with Crippen molar-refractivity contribution in [2.24, 2.45) is 5.73 Å². The van der Waals surface area contributed by atoms with Gasteiger partial charge < -0.3 is 5.73 Å². The zero-order valence-electron chi connectivity index (χ0n) is 9.26. The van der Waals surface area contributed by atoms with Crippen molar-refractivity contribution in [3.63, 3.8) is 0 Å². The van der Waals surface area contributed by atoms with Crippen LogP contribution in [0.2, 0.25) is 5.02 Å². The summed E-state index contributed by atoms with van der Waals surface area (Å²) in [4.78, 5) is 10.3. The molecular weight excluding hydrogens is 264 g/mol. The molecule has 0 radical (unpaired) electrons. The fourth-order valence-electron chi connectivity index (χ4n) is 1.23. The molecule has 0 saturated carbocycles. The van der Waals surface area contributed by atoms with Crippen LogP contribution in [0.5, 0.6) is 0 Å². The maximum atomic E-state index is 11.8. The maximum absolute atomic E-state index is 11.8. The highest BCUT2D eigenvalue weighted by Gasteiger charge is 2.18. The number of nitrogens with zero attached hydrogens (tertiary/aromatic N) is 1. The average Bonchev–Trinajstić information content (AvgIpc) is 2.29. The minimum absolute atomic E-state index is 0.102. The molecule has 0 spiro atoms. The predicted octanol–water partition coefficient (Wildman–Crippen LogP) is 1.84. The second kappa shape index (κ2) is 6.09. The lowest BCUT2D eigenvalue weighted by molar-refractivity contribution is -0.385. The van der Waals surface area contributed by atoms with Gasteiger partial charge in [0.2, 0.25) is 0 Å². The van der Waals surface area contributed by atoms with E-state index in [0.717, 1.165) is 0 Å². The van der Waals surface area contributed by atoms with Crippen molar-refractivity contribution in [3.05, 3.63) is 38.9 Å². The molecule has 0 saturated heterocycles. The lowest BCUT2D eigenvalue weighted by atomic mass is 10.2. The number of halogens is 1. The van der Waals surface area contributed by atoms with E-state index in [0.29, 0.717) is 5.56 Å². The standard InChI is InChI=1S/C10H13ClN2O3S/c1-7(5-12)17(16)6-8-2-3-9(11)4-10(8)13(14)15/h2-4,7H,5-6,12H2,1H3. The number of benzene rings is 1. The van der Waals surface area contributed by atoms with Crippen LogP contribution in [0.4, 0.5) is 5.69 Å². The Kier molecular flexibility index (Phi) is 5.04. The molecule has 0 amide bonds. The molecule has 94 valence electrons. The molecule has 0 bridgehead atoms. The normalized spacial score (nSPS) is 14.3. The summed E-state index contributed by atoms with van der Waals surface area (Å²) < 4.78 is 11.8. The van der Waals surface area contributed by atoms with Gasteiger partial charge in [0.15, 0.2) is 0 Å². The van der Waals surface area contributed by atoms with Crippen molar-refractivity contribution in [3.8, 4) is 0 Å². The van der Waals surface area contributed by atoms with Gasteiger partial charge in [-0.2, -0.15) is 0 Å². The van der Waals surface area contributed by atoms with Gasteiger partial charge in [-0.25, -0.2) is 0 Å². The number of nitro groups is 1. The van der Waals surface area contributed by atoms with Crippen molar-refractivity contribution >= 4 is 28.1 Å². The molecular formula is C10H13ClN2O3S. The highest BCUT2D eigenvalue weighted by atomic mass is 35.5. The molecule has 2 N–H and O–H groups in total. The van der Waals surface area contributed by atoms with Gasteiger partial charge >= 0.3 is 0 Å². The topological polar surface area (TPSA) is 86.2 Å². The van der Waals surface area contributed by atoms with E-state index in [1.165, 1.54) is 12.1 Å². The van der Waals surface area contributed by atoms with E-state index in [4.69, 9.17) is 17.3 Å². The van der Waals surface area contributed by atoms with E-state index < -0.39 is 15.7 Å². The van der Waals surface area contributed by atoms with Crippen molar-refractivity contribution in [2.45, 2.75) is 17.9 Å². The van der Waals surface area contributed by atoms with Crippen molar-refractivity contribution in [1.29, 1.82) is 0 Å². The lowest BCUT2D eigenvalue weighted by Gasteiger charge is -2.08. The van der Waals surface area contributed by atoms with Crippen LogP contribution >= 0.6 is 11.6 Å². The summed E-state index contributed by atoms with van der Waals surface area (Å²) in [7, 11) is -1.22. The zero-order valence-corrected chi connectivity index (χ0v) is 10.8. The molecule has 0 aliphatic carbocycles. The summed E-state index contributed by atoms with van der Waals surface area (Å²) in [5.74, 6) is 0.117. The van der Waals surface area contributed by atoms with Crippen molar-refractivity contribution in [2.75, 3.05) is 6.54 Å². The monoisotopic (exact) mass is 276 g/mol.